The number of halogens is 6. The Kier molecular flexibility index (Phi) is 7.78. The lowest BCUT2D eigenvalue weighted by atomic mass is 9.75. The van der Waals surface area contributed by atoms with Crippen LogP contribution in [-0.2, 0) is 6.18 Å². The average Bonchev–Trinajstić information content (AvgIpc) is 2.42. The van der Waals surface area contributed by atoms with E-state index in [9.17, 15) is 17.6 Å². The molecular formula is C16H22Cl2F4N2. The Balaban J connectivity index is 0.00000144. The van der Waals surface area contributed by atoms with Crippen LogP contribution >= 0.6 is 24.8 Å². The lowest BCUT2D eigenvalue weighted by Gasteiger charge is -2.44. The molecule has 24 heavy (non-hydrogen) atoms. The molecule has 0 radical (unpaired) electrons. The monoisotopic (exact) mass is 388 g/mol. The number of nitrogens with one attached hydrogen (secondary N) is 1. The summed E-state index contributed by atoms with van der Waals surface area (Å²) in [5, 5.41) is 3.21. The summed E-state index contributed by atoms with van der Waals surface area (Å²) in [5.41, 5.74) is -0.580. The Morgan fingerprint density at radius 2 is 1.71 bits per heavy atom. The molecule has 3 rings (SSSR count). The highest BCUT2D eigenvalue weighted by Crippen LogP contribution is 2.45. The normalized spacial score (nSPS) is 20.5. The van der Waals surface area contributed by atoms with E-state index in [0.29, 0.717) is 13.1 Å². The summed E-state index contributed by atoms with van der Waals surface area (Å²) < 4.78 is 53.7. The molecule has 1 N–H and O–H groups in total. The highest BCUT2D eigenvalue weighted by Gasteiger charge is 2.41. The Labute approximate surface area is 151 Å². The molecule has 0 amide bonds. The predicted molar refractivity (Wildman–Crippen MR) is 90.4 cm³/mol. The van der Waals surface area contributed by atoms with Gasteiger partial charge >= 0.3 is 6.18 Å². The van der Waals surface area contributed by atoms with Gasteiger partial charge in [-0.25, -0.2) is 4.39 Å². The number of piperazine rings is 1. The first kappa shape index (κ1) is 21.5. The first-order valence-corrected chi connectivity index (χ1v) is 7.78. The van der Waals surface area contributed by atoms with E-state index in [-0.39, 0.29) is 42.3 Å². The van der Waals surface area contributed by atoms with Gasteiger partial charge in [0.05, 0.1) is 5.56 Å². The molecule has 0 spiro atoms. The van der Waals surface area contributed by atoms with Gasteiger partial charge in [-0.05, 0) is 42.5 Å². The standard InChI is InChI=1S/C16H20F4N2.2ClH/c17-12-4-5-14(16(18,19)20)13(10-12)15(11-2-1-3-11)22-8-6-21-7-9-22;;/h4-5,10-11,15,21H,1-3,6-9H2;2*1H/t15-;;/m1../s1. The smallest absolute Gasteiger partial charge is 0.314 e. The van der Waals surface area contributed by atoms with Crippen molar-refractivity contribution in [3.8, 4) is 0 Å². The summed E-state index contributed by atoms with van der Waals surface area (Å²) in [6.07, 6.45) is -1.56. The second-order valence-electron chi connectivity index (χ2n) is 6.15. The molecule has 2 fully saturated rings. The van der Waals surface area contributed by atoms with Crippen molar-refractivity contribution in [1.29, 1.82) is 0 Å². The van der Waals surface area contributed by atoms with Crippen LogP contribution < -0.4 is 5.32 Å². The Bertz CT molecular complexity index is 529. The number of hydrogen-bond acceptors (Lipinski definition) is 2. The predicted octanol–water partition coefficient (Wildman–Crippen LogP) is 4.43. The summed E-state index contributed by atoms with van der Waals surface area (Å²) in [7, 11) is 0. The van der Waals surface area contributed by atoms with Crippen molar-refractivity contribution in [3.05, 3.63) is 35.1 Å². The minimum Gasteiger partial charge on any atom is -0.314 e. The van der Waals surface area contributed by atoms with E-state index in [4.69, 9.17) is 0 Å². The zero-order valence-corrected chi connectivity index (χ0v) is 14.7. The van der Waals surface area contributed by atoms with Gasteiger partial charge in [0.25, 0.3) is 0 Å². The molecule has 1 heterocycles. The minimum absolute atomic E-state index is 0. The number of alkyl halides is 3. The van der Waals surface area contributed by atoms with Crippen LogP contribution in [0.25, 0.3) is 0 Å². The Hall–Kier alpha value is -0.560. The Morgan fingerprint density at radius 3 is 2.21 bits per heavy atom. The lowest BCUT2D eigenvalue weighted by Crippen LogP contribution is -2.48. The highest BCUT2D eigenvalue weighted by molar-refractivity contribution is 5.85. The van der Waals surface area contributed by atoms with Crippen molar-refractivity contribution in [2.24, 2.45) is 5.92 Å². The largest absolute Gasteiger partial charge is 0.416 e. The molecule has 0 aromatic heterocycles. The lowest BCUT2D eigenvalue weighted by molar-refractivity contribution is -0.139. The van der Waals surface area contributed by atoms with Crippen LogP contribution in [0.4, 0.5) is 17.6 Å². The molecular weight excluding hydrogens is 367 g/mol. The van der Waals surface area contributed by atoms with Gasteiger partial charge in [-0.2, -0.15) is 13.2 Å². The van der Waals surface area contributed by atoms with Gasteiger partial charge in [0, 0.05) is 32.2 Å². The van der Waals surface area contributed by atoms with Crippen LogP contribution in [0.1, 0.15) is 36.4 Å². The zero-order valence-electron chi connectivity index (χ0n) is 13.1. The quantitative estimate of drug-likeness (QED) is 0.770. The van der Waals surface area contributed by atoms with Crippen LogP contribution in [-0.4, -0.2) is 31.1 Å². The number of hydrogen-bond donors (Lipinski definition) is 1. The molecule has 1 saturated carbocycles. The van der Waals surface area contributed by atoms with Gasteiger partial charge in [-0.3, -0.25) is 4.90 Å². The van der Waals surface area contributed by atoms with Gasteiger partial charge in [0.2, 0.25) is 0 Å². The summed E-state index contributed by atoms with van der Waals surface area (Å²) >= 11 is 0. The van der Waals surface area contributed by atoms with Gasteiger partial charge in [-0.1, -0.05) is 6.42 Å². The third-order valence-electron chi connectivity index (χ3n) is 4.78. The van der Waals surface area contributed by atoms with Crippen molar-refractivity contribution < 1.29 is 17.6 Å². The average molecular weight is 389 g/mol. The maximum absolute atomic E-state index is 13.7. The fourth-order valence-corrected chi connectivity index (χ4v) is 3.50. The van der Waals surface area contributed by atoms with Gasteiger partial charge < -0.3 is 5.32 Å². The van der Waals surface area contributed by atoms with Crippen molar-refractivity contribution in [1.82, 2.24) is 10.2 Å². The molecule has 1 saturated heterocycles. The van der Waals surface area contributed by atoms with Crippen LogP contribution in [0, 0.1) is 11.7 Å². The summed E-state index contributed by atoms with van der Waals surface area (Å²) in [6, 6.07) is 2.55. The molecule has 1 aromatic rings. The van der Waals surface area contributed by atoms with Crippen molar-refractivity contribution in [2.45, 2.75) is 31.5 Å². The van der Waals surface area contributed by atoms with E-state index in [2.05, 4.69) is 10.2 Å². The van der Waals surface area contributed by atoms with Gasteiger partial charge in [-0.15, -0.1) is 24.8 Å². The molecule has 8 heteroatoms. The maximum Gasteiger partial charge on any atom is 0.416 e. The van der Waals surface area contributed by atoms with E-state index >= 15 is 0 Å². The van der Waals surface area contributed by atoms with Crippen LogP contribution in [0.2, 0.25) is 0 Å². The zero-order chi connectivity index (χ0) is 15.7. The molecule has 2 aliphatic rings. The minimum atomic E-state index is -4.45. The van der Waals surface area contributed by atoms with Crippen LogP contribution in [0.5, 0.6) is 0 Å². The molecule has 0 unspecified atom stereocenters. The molecule has 138 valence electrons. The van der Waals surface area contributed by atoms with E-state index in [1.165, 1.54) is 0 Å². The van der Waals surface area contributed by atoms with Crippen molar-refractivity contribution in [3.63, 3.8) is 0 Å². The maximum atomic E-state index is 13.7. The Morgan fingerprint density at radius 1 is 1.08 bits per heavy atom. The highest BCUT2D eigenvalue weighted by atomic mass is 35.5. The molecule has 1 atom stereocenters. The first-order valence-electron chi connectivity index (χ1n) is 7.78. The summed E-state index contributed by atoms with van der Waals surface area (Å²) in [4.78, 5) is 2.09. The van der Waals surface area contributed by atoms with Gasteiger partial charge in [0.15, 0.2) is 0 Å². The second-order valence-corrected chi connectivity index (χ2v) is 6.15. The molecule has 2 nitrogen and oxygen atoms in total. The first-order chi connectivity index (χ1) is 10.5. The number of rotatable bonds is 3. The number of benzene rings is 1. The van der Waals surface area contributed by atoms with E-state index in [1.807, 2.05) is 0 Å². The van der Waals surface area contributed by atoms with Crippen molar-refractivity contribution >= 4 is 24.8 Å². The number of nitrogens with zero attached hydrogens (tertiary/aromatic N) is 1. The van der Waals surface area contributed by atoms with E-state index in [0.717, 1.165) is 50.6 Å². The molecule has 1 aliphatic heterocycles. The third kappa shape index (κ3) is 4.54. The molecule has 0 bridgehead atoms. The topological polar surface area (TPSA) is 15.3 Å². The second kappa shape index (κ2) is 8.70. The molecule has 1 aliphatic carbocycles. The van der Waals surface area contributed by atoms with Crippen molar-refractivity contribution in [2.75, 3.05) is 26.2 Å². The molecule has 1 aromatic carbocycles. The summed E-state index contributed by atoms with van der Waals surface area (Å²) in [5.74, 6) is -0.400. The van der Waals surface area contributed by atoms with E-state index < -0.39 is 17.6 Å². The fourth-order valence-electron chi connectivity index (χ4n) is 3.50. The van der Waals surface area contributed by atoms with E-state index in [1.54, 1.807) is 0 Å². The summed E-state index contributed by atoms with van der Waals surface area (Å²) in [6.45, 7) is 2.93. The van der Waals surface area contributed by atoms with Crippen LogP contribution in [0.3, 0.4) is 0 Å². The van der Waals surface area contributed by atoms with Crippen LogP contribution in [0.15, 0.2) is 18.2 Å². The SMILES string of the molecule is Cl.Cl.Fc1ccc(C(F)(F)F)c([C@@H](C2CCC2)N2CCNCC2)c1. The third-order valence-corrected chi connectivity index (χ3v) is 4.78. The fraction of sp³-hybridized carbons (Fsp3) is 0.625. The van der Waals surface area contributed by atoms with Gasteiger partial charge in [0.1, 0.15) is 5.82 Å².